The Balaban J connectivity index is 2.06. The molecule has 1 aliphatic rings. The number of benzene rings is 1. The smallest absolute Gasteiger partial charge is 0.224 e. The number of carbonyl (C=O) groups is 1. The Kier molecular flexibility index (Phi) is 4.80. The summed E-state index contributed by atoms with van der Waals surface area (Å²) in [7, 11) is 3.54. The van der Waals surface area contributed by atoms with Crippen molar-refractivity contribution < 1.29 is 9.53 Å². The van der Waals surface area contributed by atoms with Gasteiger partial charge in [-0.3, -0.25) is 4.79 Å². The van der Waals surface area contributed by atoms with E-state index in [2.05, 4.69) is 17.4 Å². The van der Waals surface area contributed by atoms with E-state index in [0.717, 1.165) is 31.7 Å². The molecule has 1 N–H and O–H groups in total. The third kappa shape index (κ3) is 3.26. The predicted molar refractivity (Wildman–Crippen MR) is 75.2 cm³/mol. The van der Waals surface area contributed by atoms with E-state index in [1.807, 2.05) is 24.1 Å². The molecule has 0 saturated carbocycles. The second-order valence-electron chi connectivity index (χ2n) is 4.87. The molecule has 0 aromatic heterocycles. The standard InChI is InChI=1S/C15H22N2O2/c1-16-10-9-15(18)17-11-3-4-14(17)12-5-7-13(19-2)8-6-12/h5-8,14,16H,3-4,9-11H2,1-2H3. The van der Waals surface area contributed by atoms with Gasteiger partial charge in [-0.15, -0.1) is 0 Å². The normalized spacial score (nSPS) is 18.6. The van der Waals surface area contributed by atoms with E-state index in [-0.39, 0.29) is 11.9 Å². The van der Waals surface area contributed by atoms with Crippen LogP contribution in [0.2, 0.25) is 0 Å². The minimum Gasteiger partial charge on any atom is -0.497 e. The van der Waals surface area contributed by atoms with Gasteiger partial charge in [-0.05, 0) is 37.6 Å². The fourth-order valence-electron chi connectivity index (χ4n) is 2.61. The fourth-order valence-corrected chi connectivity index (χ4v) is 2.61. The highest BCUT2D eigenvalue weighted by Crippen LogP contribution is 2.33. The monoisotopic (exact) mass is 262 g/mol. The molecule has 1 amide bonds. The molecule has 0 spiro atoms. The minimum absolute atomic E-state index is 0.232. The molecule has 0 aliphatic carbocycles. The zero-order valence-corrected chi connectivity index (χ0v) is 11.7. The van der Waals surface area contributed by atoms with Gasteiger partial charge in [-0.1, -0.05) is 12.1 Å². The van der Waals surface area contributed by atoms with Gasteiger partial charge in [0.05, 0.1) is 13.2 Å². The molecule has 1 atom stereocenters. The SMILES string of the molecule is CNCCC(=O)N1CCCC1c1ccc(OC)cc1. The first-order chi connectivity index (χ1) is 9.26. The van der Waals surface area contributed by atoms with E-state index in [9.17, 15) is 4.79 Å². The lowest BCUT2D eigenvalue weighted by Gasteiger charge is -2.25. The molecule has 0 bridgehead atoms. The number of hydrogen-bond donors (Lipinski definition) is 1. The lowest BCUT2D eigenvalue weighted by atomic mass is 10.0. The molecule has 4 heteroatoms. The number of carbonyl (C=O) groups excluding carboxylic acids is 1. The largest absolute Gasteiger partial charge is 0.497 e. The van der Waals surface area contributed by atoms with Gasteiger partial charge in [0.2, 0.25) is 5.91 Å². The van der Waals surface area contributed by atoms with Crippen molar-refractivity contribution >= 4 is 5.91 Å². The molecule has 1 saturated heterocycles. The second-order valence-corrected chi connectivity index (χ2v) is 4.87. The molecule has 2 rings (SSSR count). The summed E-state index contributed by atoms with van der Waals surface area (Å²) in [5.41, 5.74) is 1.20. The number of methoxy groups -OCH3 is 1. The van der Waals surface area contributed by atoms with Crippen LogP contribution in [-0.2, 0) is 4.79 Å². The Hall–Kier alpha value is -1.55. The van der Waals surface area contributed by atoms with Crippen molar-refractivity contribution in [3.63, 3.8) is 0 Å². The van der Waals surface area contributed by atoms with Gasteiger partial charge in [0.1, 0.15) is 5.75 Å². The number of hydrogen-bond acceptors (Lipinski definition) is 3. The highest BCUT2D eigenvalue weighted by molar-refractivity contribution is 5.77. The van der Waals surface area contributed by atoms with E-state index < -0.39 is 0 Å². The van der Waals surface area contributed by atoms with Crippen LogP contribution in [0.5, 0.6) is 5.75 Å². The predicted octanol–water partition coefficient (Wildman–Crippen LogP) is 1.97. The number of nitrogens with zero attached hydrogens (tertiary/aromatic N) is 1. The van der Waals surface area contributed by atoms with Crippen LogP contribution in [0.4, 0.5) is 0 Å². The average Bonchev–Trinajstić information content (AvgIpc) is 2.94. The van der Waals surface area contributed by atoms with Crippen LogP contribution >= 0.6 is 0 Å². The average molecular weight is 262 g/mol. The topological polar surface area (TPSA) is 41.6 Å². The molecule has 1 aromatic rings. The summed E-state index contributed by atoms with van der Waals surface area (Å²) in [5.74, 6) is 1.10. The first-order valence-electron chi connectivity index (χ1n) is 6.84. The summed E-state index contributed by atoms with van der Waals surface area (Å²) in [4.78, 5) is 14.2. The molecule has 4 nitrogen and oxygen atoms in total. The van der Waals surface area contributed by atoms with Crippen LogP contribution in [0.3, 0.4) is 0 Å². The first kappa shape index (κ1) is 13.9. The quantitative estimate of drug-likeness (QED) is 0.882. The van der Waals surface area contributed by atoms with Gasteiger partial charge in [0, 0.05) is 19.5 Å². The van der Waals surface area contributed by atoms with Crippen LogP contribution < -0.4 is 10.1 Å². The van der Waals surface area contributed by atoms with E-state index in [1.165, 1.54) is 5.56 Å². The summed E-state index contributed by atoms with van der Waals surface area (Å²) < 4.78 is 5.17. The number of amides is 1. The van der Waals surface area contributed by atoms with E-state index in [4.69, 9.17) is 4.74 Å². The first-order valence-corrected chi connectivity index (χ1v) is 6.84. The lowest BCUT2D eigenvalue weighted by Crippen LogP contribution is -2.32. The minimum atomic E-state index is 0.232. The summed E-state index contributed by atoms with van der Waals surface area (Å²) in [6.07, 6.45) is 2.71. The molecule has 19 heavy (non-hydrogen) atoms. The molecule has 1 aromatic carbocycles. The van der Waals surface area contributed by atoms with Crippen LogP contribution in [0.25, 0.3) is 0 Å². The van der Waals surface area contributed by atoms with Gasteiger partial charge in [0.15, 0.2) is 0 Å². The van der Waals surface area contributed by atoms with Gasteiger partial charge in [0.25, 0.3) is 0 Å². The molecule has 0 radical (unpaired) electrons. The van der Waals surface area contributed by atoms with Gasteiger partial charge in [-0.25, -0.2) is 0 Å². The molecular weight excluding hydrogens is 240 g/mol. The van der Waals surface area contributed by atoms with Crippen LogP contribution in [-0.4, -0.2) is 38.1 Å². The van der Waals surface area contributed by atoms with Gasteiger partial charge in [-0.2, -0.15) is 0 Å². The Morgan fingerprint density at radius 1 is 1.42 bits per heavy atom. The maximum atomic E-state index is 12.2. The maximum Gasteiger partial charge on any atom is 0.224 e. The van der Waals surface area contributed by atoms with Crippen molar-refractivity contribution in [1.29, 1.82) is 0 Å². The Bertz CT molecular complexity index is 417. The zero-order chi connectivity index (χ0) is 13.7. The Labute approximate surface area is 114 Å². The van der Waals surface area contributed by atoms with Crippen LogP contribution in [0, 0.1) is 0 Å². The van der Waals surface area contributed by atoms with Crippen LogP contribution in [0.15, 0.2) is 24.3 Å². The van der Waals surface area contributed by atoms with E-state index in [1.54, 1.807) is 7.11 Å². The van der Waals surface area contributed by atoms with Crippen molar-refractivity contribution in [2.45, 2.75) is 25.3 Å². The number of likely N-dealkylation sites (tertiary alicyclic amines) is 1. The fraction of sp³-hybridized carbons (Fsp3) is 0.533. The number of rotatable bonds is 5. The number of nitrogens with one attached hydrogen (secondary N) is 1. The van der Waals surface area contributed by atoms with E-state index in [0.29, 0.717) is 6.42 Å². The van der Waals surface area contributed by atoms with E-state index >= 15 is 0 Å². The van der Waals surface area contributed by atoms with Crippen LogP contribution in [0.1, 0.15) is 30.9 Å². The zero-order valence-electron chi connectivity index (χ0n) is 11.7. The van der Waals surface area contributed by atoms with Gasteiger partial charge < -0.3 is 15.0 Å². The number of ether oxygens (including phenoxy) is 1. The lowest BCUT2D eigenvalue weighted by molar-refractivity contribution is -0.132. The highest BCUT2D eigenvalue weighted by atomic mass is 16.5. The van der Waals surface area contributed by atoms with Gasteiger partial charge >= 0.3 is 0 Å². The summed E-state index contributed by atoms with van der Waals surface area (Å²) in [6, 6.07) is 8.28. The molecule has 1 aliphatic heterocycles. The summed E-state index contributed by atoms with van der Waals surface area (Å²) >= 11 is 0. The molecule has 1 unspecified atom stereocenters. The molecule has 1 heterocycles. The Morgan fingerprint density at radius 2 is 2.16 bits per heavy atom. The van der Waals surface area contributed by atoms with Crippen molar-refractivity contribution in [2.24, 2.45) is 0 Å². The Morgan fingerprint density at radius 3 is 2.79 bits per heavy atom. The third-order valence-corrected chi connectivity index (χ3v) is 3.66. The second kappa shape index (κ2) is 6.57. The molecule has 1 fully saturated rings. The summed E-state index contributed by atoms with van der Waals surface area (Å²) in [5, 5.41) is 3.03. The summed E-state index contributed by atoms with van der Waals surface area (Å²) in [6.45, 7) is 1.61. The molecule has 104 valence electrons. The maximum absolute atomic E-state index is 12.2. The van der Waals surface area contributed by atoms with Crippen molar-refractivity contribution in [1.82, 2.24) is 10.2 Å². The third-order valence-electron chi connectivity index (χ3n) is 3.66. The molecular formula is C15H22N2O2. The highest BCUT2D eigenvalue weighted by Gasteiger charge is 2.29. The van der Waals surface area contributed by atoms with Crippen molar-refractivity contribution in [2.75, 3.05) is 27.2 Å². The van der Waals surface area contributed by atoms with Crippen molar-refractivity contribution in [3.05, 3.63) is 29.8 Å². The van der Waals surface area contributed by atoms with Crippen molar-refractivity contribution in [3.8, 4) is 5.75 Å².